The molecule has 2 aromatic rings. The van der Waals surface area contributed by atoms with E-state index in [1.54, 1.807) is 6.07 Å². The lowest BCUT2D eigenvalue weighted by atomic mass is 10.0. The van der Waals surface area contributed by atoms with Crippen LogP contribution in [0.5, 0.6) is 0 Å². The molecule has 27 heavy (non-hydrogen) atoms. The van der Waals surface area contributed by atoms with E-state index in [1.807, 2.05) is 55.5 Å². The summed E-state index contributed by atoms with van der Waals surface area (Å²) < 4.78 is 0. The molecule has 0 bridgehead atoms. The number of rotatable bonds is 6. The SMILES string of the molecule is Cc1ccc(C2=C[C@@H](c3ccccc3Cl)N(C(=O)CCCC(=O)[O-])N2)cc1. The van der Waals surface area contributed by atoms with E-state index in [-0.39, 0.29) is 31.2 Å². The minimum atomic E-state index is -1.15. The molecule has 0 aromatic heterocycles. The maximum Gasteiger partial charge on any atom is 0.241 e. The largest absolute Gasteiger partial charge is 0.550 e. The summed E-state index contributed by atoms with van der Waals surface area (Å²) in [5, 5.41) is 12.7. The lowest BCUT2D eigenvalue weighted by molar-refractivity contribution is -0.305. The number of carboxylic acids is 1. The monoisotopic (exact) mass is 383 g/mol. The maximum absolute atomic E-state index is 12.7. The molecular formula is C21H20ClN2O3-. The van der Waals surface area contributed by atoms with Crippen molar-refractivity contribution in [2.24, 2.45) is 0 Å². The summed E-state index contributed by atoms with van der Waals surface area (Å²) in [7, 11) is 0. The van der Waals surface area contributed by atoms with Crippen LogP contribution >= 0.6 is 11.6 Å². The van der Waals surface area contributed by atoms with E-state index in [0.29, 0.717) is 5.02 Å². The average Bonchev–Trinajstić information content (AvgIpc) is 3.07. The number of nitrogens with one attached hydrogen (secondary N) is 1. The first kappa shape index (κ1) is 19.0. The van der Waals surface area contributed by atoms with Gasteiger partial charge >= 0.3 is 0 Å². The molecule has 1 N–H and O–H groups in total. The topological polar surface area (TPSA) is 72.5 Å². The van der Waals surface area contributed by atoms with Crippen molar-refractivity contribution < 1.29 is 14.7 Å². The van der Waals surface area contributed by atoms with Gasteiger partial charge in [0.1, 0.15) is 6.04 Å². The highest BCUT2D eigenvalue weighted by Gasteiger charge is 2.31. The van der Waals surface area contributed by atoms with Crippen LogP contribution < -0.4 is 10.5 Å². The van der Waals surface area contributed by atoms with Crippen LogP contribution in [0.25, 0.3) is 5.70 Å². The van der Waals surface area contributed by atoms with Crippen LogP contribution in [0.15, 0.2) is 54.6 Å². The second-order valence-electron chi connectivity index (χ2n) is 6.51. The molecule has 1 amide bonds. The van der Waals surface area contributed by atoms with Crippen LogP contribution in [-0.2, 0) is 9.59 Å². The minimum absolute atomic E-state index is 0.108. The molecule has 6 heteroatoms. The van der Waals surface area contributed by atoms with Crippen molar-refractivity contribution in [3.8, 4) is 0 Å². The average molecular weight is 384 g/mol. The third kappa shape index (κ3) is 4.49. The van der Waals surface area contributed by atoms with E-state index in [0.717, 1.165) is 22.4 Å². The number of benzene rings is 2. The van der Waals surface area contributed by atoms with Gasteiger partial charge < -0.3 is 9.90 Å². The van der Waals surface area contributed by atoms with E-state index < -0.39 is 5.97 Å². The molecule has 0 saturated heterocycles. The number of carbonyl (C=O) groups is 2. The number of aliphatic carboxylic acids is 1. The van der Waals surface area contributed by atoms with Gasteiger partial charge in [0.25, 0.3) is 0 Å². The standard InChI is InChI=1S/C21H21ClN2O3/c1-14-9-11-15(12-10-14)18-13-19(16-5-2-3-6-17(16)22)24(23-18)20(25)7-4-8-21(26)27/h2-3,5-6,9-13,19,23H,4,7-8H2,1H3,(H,26,27)/p-1/t19-/m0/s1. The van der Waals surface area contributed by atoms with Crippen LogP contribution in [0.1, 0.15) is 42.0 Å². The fourth-order valence-corrected chi connectivity index (χ4v) is 3.28. The van der Waals surface area contributed by atoms with Crippen LogP contribution in [-0.4, -0.2) is 16.9 Å². The number of hydrogen-bond donors (Lipinski definition) is 1. The molecule has 1 heterocycles. The Bertz CT molecular complexity index is 877. The number of carboxylic acid groups (broad SMARTS) is 1. The quantitative estimate of drug-likeness (QED) is 0.832. The van der Waals surface area contributed by atoms with Gasteiger partial charge in [0.05, 0.1) is 5.70 Å². The highest BCUT2D eigenvalue weighted by atomic mass is 35.5. The number of hydrazine groups is 1. The molecule has 1 aliphatic rings. The third-order valence-corrected chi connectivity index (χ3v) is 4.81. The molecule has 1 atom stereocenters. The second-order valence-corrected chi connectivity index (χ2v) is 6.92. The second kappa shape index (κ2) is 8.27. The summed E-state index contributed by atoms with van der Waals surface area (Å²) in [4.78, 5) is 23.3. The third-order valence-electron chi connectivity index (χ3n) is 4.47. The molecule has 3 rings (SSSR count). The van der Waals surface area contributed by atoms with Gasteiger partial charge in [0.15, 0.2) is 0 Å². The summed E-state index contributed by atoms with van der Waals surface area (Å²) in [6.45, 7) is 2.01. The first-order chi connectivity index (χ1) is 13.0. The number of hydrogen-bond acceptors (Lipinski definition) is 4. The van der Waals surface area contributed by atoms with Gasteiger partial charge in [-0.2, -0.15) is 0 Å². The van der Waals surface area contributed by atoms with Crippen molar-refractivity contribution in [1.82, 2.24) is 10.4 Å². The summed E-state index contributed by atoms with van der Waals surface area (Å²) in [5.74, 6) is -1.35. The fourth-order valence-electron chi connectivity index (χ4n) is 3.03. The smallest absolute Gasteiger partial charge is 0.241 e. The first-order valence-corrected chi connectivity index (χ1v) is 9.15. The zero-order valence-electron chi connectivity index (χ0n) is 14.9. The Hall–Kier alpha value is -2.79. The fraction of sp³-hybridized carbons (Fsp3) is 0.238. The summed E-state index contributed by atoms with van der Waals surface area (Å²) in [6.07, 6.45) is 2.16. The lowest BCUT2D eigenvalue weighted by Gasteiger charge is -2.26. The van der Waals surface area contributed by atoms with Gasteiger partial charge in [-0.1, -0.05) is 59.6 Å². The first-order valence-electron chi connectivity index (χ1n) is 8.77. The predicted molar refractivity (Wildman–Crippen MR) is 102 cm³/mol. The number of halogens is 1. The number of amides is 1. The van der Waals surface area contributed by atoms with Gasteiger partial charge in [-0.25, -0.2) is 5.01 Å². The Morgan fingerprint density at radius 2 is 1.81 bits per heavy atom. The van der Waals surface area contributed by atoms with Gasteiger partial charge in [-0.3, -0.25) is 10.2 Å². The molecule has 0 aliphatic carbocycles. The normalized spacial score (nSPS) is 16.0. The Balaban J connectivity index is 1.87. The number of nitrogens with zero attached hydrogens (tertiary/aromatic N) is 1. The minimum Gasteiger partial charge on any atom is -0.550 e. The Labute approximate surface area is 163 Å². The van der Waals surface area contributed by atoms with Crippen molar-refractivity contribution in [2.75, 3.05) is 0 Å². The van der Waals surface area contributed by atoms with Crippen molar-refractivity contribution >= 4 is 29.2 Å². The molecule has 0 spiro atoms. The van der Waals surface area contributed by atoms with E-state index in [9.17, 15) is 14.7 Å². The summed E-state index contributed by atoms with van der Waals surface area (Å²) in [6, 6.07) is 15.0. The van der Waals surface area contributed by atoms with E-state index in [1.165, 1.54) is 5.01 Å². The Morgan fingerprint density at radius 3 is 2.48 bits per heavy atom. The number of aryl methyl sites for hydroxylation is 1. The molecule has 0 radical (unpaired) electrons. The van der Waals surface area contributed by atoms with Gasteiger partial charge in [0, 0.05) is 17.4 Å². The highest BCUT2D eigenvalue weighted by Crippen LogP contribution is 2.35. The van der Waals surface area contributed by atoms with Crippen molar-refractivity contribution in [1.29, 1.82) is 0 Å². The molecule has 140 valence electrons. The van der Waals surface area contributed by atoms with E-state index in [4.69, 9.17) is 11.6 Å². The molecule has 2 aromatic carbocycles. The summed E-state index contributed by atoms with van der Waals surface area (Å²) >= 11 is 6.35. The lowest BCUT2D eigenvalue weighted by Crippen LogP contribution is -2.39. The Morgan fingerprint density at radius 1 is 1.11 bits per heavy atom. The van der Waals surface area contributed by atoms with Crippen LogP contribution in [0.2, 0.25) is 5.02 Å². The van der Waals surface area contributed by atoms with Crippen LogP contribution in [0.4, 0.5) is 0 Å². The molecule has 0 unspecified atom stereocenters. The van der Waals surface area contributed by atoms with E-state index in [2.05, 4.69) is 5.43 Å². The zero-order valence-corrected chi connectivity index (χ0v) is 15.7. The van der Waals surface area contributed by atoms with Gasteiger partial charge in [0.2, 0.25) is 5.91 Å². The van der Waals surface area contributed by atoms with E-state index >= 15 is 0 Å². The molecule has 0 saturated carbocycles. The van der Waals surface area contributed by atoms with Gasteiger partial charge in [-0.05, 0) is 43.0 Å². The molecular weight excluding hydrogens is 364 g/mol. The zero-order chi connectivity index (χ0) is 19.4. The summed E-state index contributed by atoms with van der Waals surface area (Å²) in [5.41, 5.74) is 6.89. The predicted octanol–water partition coefficient (Wildman–Crippen LogP) is 3.00. The molecule has 0 fully saturated rings. The number of carbonyl (C=O) groups excluding carboxylic acids is 2. The van der Waals surface area contributed by atoms with Crippen LogP contribution in [0.3, 0.4) is 0 Å². The van der Waals surface area contributed by atoms with Crippen molar-refractivity contribution in [3.05, 3.63) is 76.3 Å². The molecule has 5 nitrogen and oxygen atoms in total. The highest BCUT2D eigenvalue weighted by molar-refractivity contribution is 6.31. The van der Waals surface area contributed by atoms with Crippen molar-refractivity contribution in [2.45, 2.75) is 32.2 Å². The van der Waals surface area contributed by atoms with Gasteiger partial charge in [-0.15, -0.1) is 0 Å². The van der Waals surface area contributed by atoms with Crippen molar-refractivity contribution in [3.63, 3.8) is 0 Å². The Kier molecular flexibility index (Phi) is 5.81. The van der Waals surface area contributed by atoms with Crippen LogP contribution in [0, 0.1) is 6.92 Å². The molecule has 1 aliphatic heterocycles. The maximum atomic E-state index is 12.7.